The van der Waals surface area contributed by atoms with Gasteiger partial charge in [0.2, 0.25) is 0 Å². The number of halogens is 6. The first kappa shape index (κ1) is 32.3. The Bertz CT molecular complexity index is 1660. The largest absolute Gasteiger partial charge is 0.493 e. The average molecular weight is 650 g/mol. The minimum atomic E-state index is -5.01. The zero-order valence-corrected chi connectivity index (χ0v) is 25.4. The van der Waals surface area contributed by atoms with Crippen LogP contribution in [0.25, 0.3) is 6.08 Å². The van der Waals surface area contributed by atoms with Gasteiger partial charge in [0.05, 0.1) is 23.1 Å². The molecular formula is C32H29F6N3O3S. The number of alkyl halides is 6. The van der Waals surface area contributed by atoms with E-state index < -0.39 is 35.6 Å². The topological polar surface area (TPSA) is 54.4 Å². The molecule has 13 heteroatoms. The second-order valence-electron chi connectivity index (χ2n) is 10.6. The Labute approximate surface area is 260 Å². The van der Waals surface area contributed by atoms with Crippen molar-refractivity contribution in [2.45, 2.75) is 32.8 Å². The molecule has 0 aliphatic carbocycles. The fourth-order valence-corrected chi connectivity index (χ4v) is 6.04. The molecule has 5 rings (SSSR count). The van der Waals surface area contributed by atoms with Crippen LogP contribution in [0, 0.1) is 13.8 Å². The molecule has 0 radical (unpaired) electrons. The number of anilines is 1. The van der Waals surface area contributed by atoms with Crippen LogP contribution in [0.3, 0.4) is 0 Å². The van der Waals surface area contributed by atoms with E-state index in [-0.39, 0.29) is 23.5 Å². The summed E-state index contributed by atoms with van der Waals surface area (Å²) >= 11 is 1.26. The van der Waals surface area contributed by atoms with Crippen molar-refractivity contribution >= 4 is 34.6 Å². The fourth-order valence-electron chi connectivity index (χ4n) is 5.07. The summed E-state index contributed by atoms with van der Waals surface area (Å²) < 4.78 is 90.5. The number of hydrogen-bond acceptors (Lipinski definition) is 6. The van der Waals surface area contributed by atoms with Crippen molar-refractivity contribution in [1.82, 2.24) is 4.90 Å². The molecule has 0 unspecified atom stereocenters. The molecular weight excluding hydrogens is 620 g/mol. The Morgan fingerprint density at radius 2 is 1.58 bits per heavy atom. The molecule has 2 aliphatic heterocycles. The van der Waals surface area contributed by atoms with Gasteiger partial charge in [-0.05, 0) is 78.7 Å². The third-order valence-electron chi connectivity index (χ3n) is 7.48. The second-order valence-corrected chi connectivity index (χ2v) is 11.6. The minimum Gasteiger partial charge on any atom is -0.493 e. The number of nitrogens with zero attached hydrogens (tertiary/aromatic N) is 3. The van der Waals surface area contributed by atoms with Gasteiger partial charge in [-0.15, -0.1) is 0 Å². The van der Waals surface area contributed by atoms with Crippen molar-refractivity contribution in [3.63, 3.8) is 0 Å². The summed E-state index contributed by atoms with van der Waals surface area (Å²) in [6.45, 7) is 6.48. The first-order valence-electron chi connectivity index (χ1n) is 13.9. The third-order valence-corrected chi connectivity index (χ3v) is 8.52. The van der Waals surface area contributed by atoms with Crippen LogP contribution in [-0.2, 0) is 23.8 Å². The number of carbonyl (C=O) groups excluding carboxylic acids is 1. The molecule has 2 heterocycles. The summed E-state index contributed by atoms with van der Waals surface area (Å²) in [6, 6.07) is 12.4. The average Bonchev–Trinajstić information content (AvgIpc) is 3.36. The summed E-state index contributed by atoms with van der Waals surface area (Å²) in [5, 5.41) is 0.621. The third kappa shape index (κ3) is 7.41. The summed E-state index contributed by atoms with van der Waals surface area (Å²) in [7, 11) is 1.34. The van der Waals surface area contributed by atoms with Crippen LogP contribution >= 0.6 is 11.8 Å². The molecule has 6 nitrogen and oxygen atoms in total. The molecule has 2 aliphatic rings. The van der Waals surface area contributed by atoms with Crippen LogP contribution in [0.2, 0.25) is 0 Å². The van der Waals surface area contributed by atoms with Gasteiger partial charge in [-0.2, -0.15) is 31.3 Å². The molecule has 0 atom stereocenters. The quantitative estimate of drug-likeness (QED) is 0.201. The number of carbonyl (C=O) groups is 1. The van der Waals surface area contributed by atoms with E-state index in [0.29, 0.717) is 34.8 Å². The first-order chi connectivity index (χ1) is 21.2. The highest BCUT2D eigenvalue weighted by Crippen LogP contribution is 2.39. The lowest BCUT2D eigenvalue weighted by Crippen LogP contribution is -2.48. The van der Waals surface area contributed by atoms with E-state index in [1.54, 1.807) is 18.2 Å². The number of methoxy groups -OCH3 is 1. The summed E-state index contributed by atoms with van der Waals surface area (Å²) in [5.41, 5.74) is 0.873. The maximum absolute atomic E-state index is 13.5. The standard InChI is InChI=1S/C32H29F6N3O3S/c1-19-4-5-20(2)25(14-19)40-10-12-41(13-11-40)30-39-29(42)28(45-30)16-21-6-9-26(27(15-21)43-3)44-18-22-7-8-23(31(33,34)35)17-24(22)32(36,37)38/h4-9,14-17H,10-13,18H2,1-3H3/b28-16+. The van der Waals surface area contributed by atoms with E-state index in [1.165, 1.54) is 41.8 Å². The summed E-state index contributed by atoms with van der Waals surface area (Å²) in [4.78, 5) is 21.8. The monoisotopic (exact) mass is 649 g/mol. The Kier molecular flexibility index (Phi) is 9.11. The number of aliphatic imine (C=N–C) groups is 1. The molecule has 3 aromatic rings. The predicted octanol–water partition coefficient (Wildman–Crippen LogP) is 7.72. The van der Waals surface area contributed by atoms with Crippen molar-refractivity contribution < 1.29 is 40.6 Å². The minimum absolute atomic E-state index is 0.0722. The Balaban J connectivity index is 1.25. The van der Waals surface area contributed by atoms with Gasteiger partial charge < -0.3 is 19.3 Å². The lowest BCUT2D eigenvalue weighted by Gasteiger charge is -2.37. The van der Waals surface area contributed by atoms with Crippen molar-refractivity contribution in [2.24, 2.45) is 4.99 Å². The van der Waals surface area contributed by atoms with E-state index in [2.05, 4.69) is 46.8 Å². The van der Waals surface area contributed by atoms with Gasteiger partial charge >= 0.3 is 12.4 Å². The van der Waals surface area contributed by atoms with Crippen LogP contribution in [0.15, 0.2) is 64.5 Å². The van der Waals surface area contributed by atoms with Crippen molar-refractivity contribution in [3.8, 4) is 11.5 Å². The van der Waals surface area contributed by atoms with E-state index in [1.807, 2.05) is 0 Å². The van der Waals surface area contributed by atoms with Gasteiger partial charge in [-0.3, -0.25) is 4.79 Å². The highest BCUT2D eigenvalue weighted by atomic mass is 32.2. The zero-order valence-electron chi connectivity index (χ0n) is 24.6. The summed E-state index contributed by atoms with van der Waals surface area (Å²) in [6.07, 6.45) is -8.30. The number of hydrogen-bond donors (Lipinski definition) is 0. The zero-order chi connectivity index (χ0) is 32.5. The van der Waals surface area contributed by atoms with Gasteiger partial charge in [-0.1, -0.05) is 24.3 Å². The van der Waals surface area contributed by atoms with Crippen LogP contribution < -0.4 is 14.4 Å². The normalized spacial score (nSPS) is 16.8. The van der Waals surface area contributed by atoms with Crippen LogP contribution in [0.5, 0.6) is 11.5 Å². The SMILES string of the molecule is COc1cc(/C=C2/SC(N3CCN(c4cc(C)ccc4C)CC3)=NC2=O)ccc1OCc1ccc(C(F)(F)F)cc1C(F)(F)F. The molecule has 0 spiro atoms. The van der Waals surface area contributed by atoms with Gasteiger partial charge in [-0.25, -0.2) is 0 Å². The smallest absolute Gasteiger partial charge is 0.416 e. The molecule has 45 heavy (non-hydrogen) atoms. The van der Waals surface area contributed by atoms with Crippen LogP contribution in [0.1, 0.15) is 33.4 Å². The highest BCUT2D eigenvalue weighted by molar-refractivity contribution is 8.18. The van der Waals surface area contributed by atoms with E-state index in [4.69, 9.17) is 9.47 Å². The number of amidine groups is 1. The molecule has 1 fully saturated rings. The molecule has 1 amide bonds. The lowest BCUT2D eigenvalue weighted by molar-refractivity contribution is -0.143. The first-order valence-corrected chi connectivity index (χ1v) is 14.7. The van der Waals surface area contributed by atoms with E-state index in [0.717, 1.165) is 19.2 Å². The molecule has 0 N–H and O–H groups in total. The maximum Gasteiger partial charge on any atom is 0.416 e. The number of thioether (sulfide) groups is 1. The van der Waals surface area contributed by atoms with E-state index >= 15 is 0 Å². The molecule has 0 bridgehead atoms. The molecule has 0 aromatic heterocycles. The lowest BCUT2D eigenvalue weighted by atomic mass is 10.0. The molecule has 1 saturated heterocycles. The Morgan fingerprint density at radius 1 is 0.867 bits per heavy atom. The number of amides is 1. The Hall–Kier alpha value is -4.13. The predicted molar refractivity (Wildman–Crippen MR) is 161 cm³/mol. The molecule has 238 valence electrons. The number of ether oxygens (including phenoxy) is 2. The number of piperazine rings is 1. The Morgan fingerprint density at radius 3 is 2.24 bits per heavy atom. The van der Waals surface area contributed by atoms with Crippen molar-refractivity contribution in [3.05, 3.63) is 92.9 Å². The summed E-state index contributed by atoms with van der Waals surface area (Å²) in [5.74, 6) is -0.131. The highest BCUT2D eigenvalue weighted by Gasteiger charge is 2.38. The van der Waals surface area contributed by atoms with Gasteiger partial charge in [0, 0.05) is 37.4 Å². The van der Waals surface area contributed by atoms with Crippen LogP contribution in [0.4, 0.5) is 32.0 Å². The van der Waals surface area contributed by atoms with Crippen molar-refractivity contribution in [1.29, 1.82) is 0 Å². The van der Waals surface area contributed by atoms with Gasteiger partial charge in [0.15, 0.2) is 16.7 Å². The van der Waals surface area contributed by atoms with E-state index in [9.17, 15) is 31.1 Å². The molecule has 3 aromatic carbocycles. The molecule has 0 saturated carbocycles. The van der Waals surface area contributed by atoms with Crippen molar-refractivity contribution in [2.75, 3.05) is 38.2 Å². The van der Waals surface area contributed by atoms with Gasteiger partial charge in [0.25, 0.3) is 5.91 Å². The number of aryl methyl sites for hydroxylation is 2. The van der Waals surface area contributed by atoms with Crippen LogP contribution in [-0.4, -0.2) is 49.3 Å². The fraction of sp³-hybridized carbons (Fsp3) is 0.312. The van der Waals surface area contributed by atoms with Gasteiger partial charge in [0.1, 0.15) is 6.61 Å². The maximum atomic E-state index is 13.5. The second kappa shape index (κ2) is 12.7. The number of benzene rings is 3. The number of rotatable bonds is 6.